The van der Waals surface area contributed by atoms with Gasteiger partial charge >= 0.3 is 0 Å². The lowest BCUT2D eigenvalue weighted by Gasteiger charge is -2.15. The smallest absolute Gasteiger partial charge is 0.166 e. The average molecular weight is 705 g/mol. The summed E-state index contributed by atoms with van der Waals surface area (Å²) >= 11 is 0. The van der Waals surface area contributed by atoms with Crippen LogP contribution in [-0.2, 0) is 0 Å². The fraction of sp³-hybridized carbons (Fsp3) is 0. The highest BCUT2D eigenvalue weighted by molar-refractivity contribution is 6.10. The number of fused-ring (bicyclic) bond motifs is 7. The molecule has 0 atom stereocenters. The van der Waals surface area contributed by atoms with Crippen molar-refractivity contribution in [3.05, 3.63) is 182 Å². The molecule has 0 fully saturated rings. The molecule has 0 N–H and O–H groups in total. The molecular formula is C49H30N4O. The number of furan rings is 1. The maximum Gasteiger partial charge on any atom is 0.166 e. The van der Waals surface area contributed by atoms with E-state index in [1.807, 2.05) is 42.5 Å². The van der Waals surface area contributed by atoms with Crippen LogP contribution in [0.15, 0.2) is 186 Å². The number of hydrogen-bond acceptors (Lipinski definition) is 4. The lowest BCUT2D eigenvalue weighted by molar-refractivity contribution is 0.670. The van der Waals surface area contributed by atoms with Crippen molar-refractivity contribution in [1.29, 1.82) is 0 Å². The molecule has 8 aromatic carbocycles. The Balaban J connectivity index is 1.20. The van der Waals surface area contributed by atoms with Gasteiger partial charge in [-0.25, -0.2) is 15.0 Å². The van der Waals surface area contributed by atoms with E-state index in [1.54, 1.807) is 48.5 Å². The van der Waals surface area contributed by atoms with Crippen LogP contribution in [0.4, 0.5) is 0 Å². The van der Waals surface area contributed by atoms with Gasteiger partial charge < -0.3 is 8.98 Å². The van der Waals surface area contributed by atoms with Gasteiger partial charge in [0.15, 0.2) is 17.5 Å². The summed E-state index contributed by atoms with van der Waals surface area (Å²) in [6, 6.07) is 22.3. The number of para-hydroxylation sites is 5. The third-order valence-electron chi connectivity index (χ3n) is 9.48. The van der Waals surface area contributed by atoms with E-state index >= 15 is 0 Å². The summed E-state index contributed by atoms with van der Waals surface area (Å²) in [4.78, 5) is 15.1. The second kappa shape index (κ2) is 12.1. The van der Waals surface area contributed by atoms with Crippen molar-refractivity contribution in [3.63, 3.8) is 0 Å². The Morgan fingerprint density at radius 2 is 1.11 bits per heavy atom. The van der Waals surface area contributed by atoms with Gasteiger partial charge in [-0.1, -0.05) is 145 Å². The van der Waals surface area contributed by atoms with E-state index < -0.39 is 60.4 Å². The zero-order valence-electron chi connectivity index (χ0n) is 41.9. The van der Waals surface area contributed by atoms with Crippen LogP contribution in [-0.4, -0.2) is 19.5 Å². The van der Waals surface area contributed by atoms with E-state index in [0.717, 1.165) is 10.8 Å². The second-order valence-electron chi connectivity index (χ2n) is 12.5. The van der Waals surface area contributed by atoms with Crippen LogP contribution in [0.5, 0.6) is 0 Å². The van der Waals surface area contributed by atoms with Crippen LogP contribution in [0.2, 0.25) is 0 Å². The van der Waals surface area contributed by atoms with E-state index in [4.69, 9.17) is 38.6 Å². The van der Waals surface area contributed by atoms with Gasteiger partial charge in [0.05, 0.1) is 35.9 Å². The Morgan fingerprint density at radius 1 is 0.444 bits per heavy atom. The molecule has 0 saturated heterocycles. The summed E-state index contributed by atoms with van der Waals surface area (Å²) in [5.74, 6) is 0.499. The normalized spacial score (nSPS) is 15.3. The molecule has 0 aliphatic rings. The molecule has 11 rings (SSSR count). The minimum absolute atomic E-state index is 0.00848. The first-order chi connectivity index (χ1) is 32.6. The zero-order chi connectivity index (χ0) is 47.8. The maximum absolute atomic E-state index is 9.14. The van der Waals surface area contributed by atoms with Crippen LogP contribution < -0.4 is 0 Å². The lowest BCUT2D eigenvalue weighted by atomic mass is 10.00. The predicted octanol–water partition coefficient (Wildman–Crippen LogP) is 12.7. The molecule has 252 valence electrons. The van der Waals surface area contributed by atoms with Crippen molar-refractivity contribution < 1.29 is 23.6 Å². The van der Waals surface area contributed by atoms with Crippen molar-refractivity contribution in [2.45, 2.75) is 0 Å². The first-order valence-electron chi connectivity index (χ1n) is 24.0. The number of hydrogen-bond donors (Lipinski definition) is 0. The standard InChI is InChI=1S/C49H30N4O/c1-2-18-34-31(14-1)15-12-25-40(34)48-50-47(33-17-11-16-32(30-33)35-23-13-24-39-38-21-6-10-29-45(38)54-46(35)39)51-49(52-48)41-22-5-9-28-44(41)53-42-26-7-3-19-36(42)37-20-4-8-27-43(37)53/h1-30H/i3D,4D,6D,7D,10D,13D,19D,20D,21D,23D,24D,26D,27D,29D. The summed E-state index contributed by atoms with van der Waals surface area (Å²) in [6.07, 6.45) is 0. The SMILES string of the molecule is [2H]c1cc([2H])c2c(c1[2H])c1c([2H])c([2H])c([2H])c([2H])c1n2-c1ccccc1-c1nc(-c2cccc(-c3c([2H])c([2H])c([2H])c4c3oc3c([2H])c([2H])c([2H])c([2H])c34)c2)nc(-c2cccc3ccccc23)n1. The largest absolute Gasteiger partial charge is 0.455 e. The number of benzene rings is 8. The highest BCUT2D eigenvalue weighted by Crippen LogP contribution is 2.39. The Labute approximate surface area is 330 Å². The molecule has 0 radical (unpaired) electrons. The lowest BCUT2D eigenvalue weighted by Crippen LogP contribution is -2.04. The third-order valence-corrected chi connectivity index (χ3v) is 9.48. The molecule has 0 saturated carbocycles. The molecule has 0 unspecified atom stereocenters. The fourth-order valence-corrected chi connectivity index (χ4v) is 7.08. The third kappa shape index (κ3) is 4.76. The molecule has 5 nitrogen and oxygen atoms in total. The number of aromatic nitrogens is 4. The van der Waals surface area contributed by atoms with Gasteiger partial charge in [0.2, 0.25) is 0 Å². The van der Waals surface area contributed by atoms with Crippen LogP contribution in [0.25, 0.3) is 105 Å². The molecule has 54 heavy (non-hydrogen) atoms. The van der Waals surface area contributed by atoms with Crippen LogP contribution in [0.3, 0.4) is 0 Å². The second-order valence-corrected chi connectivity index (χ2v) is 12.5. The van der Waals surface area contributed by atoms with Crippen molar-refractivity contribution in [1.82, 2.24) is 19.5 Å². The Hall–Kier alpha value is -7.37. The molecular weight excluding hydrogens is 661 g/mol. The maximum atomic E-state index is 9.14. The molecule has 5 heteroatoms. The van der Waals surface area contributed by atoms with E-state index in [2.05, 4.69) is 0 Å². The molecule has 0 aliphatic carbocycles. The molecule has 0 aliphatic heterocycles. The van der Waals surface area contributed by atoms with E-state index in [1.165, 1.54) is 10.6 Å². The summed E-state index contributed by atoms with van der Waals surface area (Å²) in [6.45, 7) is 0. The van der Waals surface area contributed by atoms with E-state index in [0.29, 0.717) is 27.9 Å². The van der Waals surface area contributed by atoms with Gasteiger partial charge in [-0.2, -0.15) is 0 Å². The quantitative estimate of drug-likeness (QED) is 0.179. The molecule has 0 spiro atoms. The number of rotatable bonds is 5. The summed E-state index contributed by atoms with van der Waals surface area (Å²) < 4.78 is 130. The zero-order valence-corrected chi connectivity index (χ0v) is 27.9. The van der Waals surface area contributed by atoms with Crippen LogP contribution in [0.1, 0.15) is 19.2 Å². The van der Waals surface area contributed by atoms with Gasteiger partial charge in [0.25, 0.3) is 0 Å². The average Bonchev–Trinajstić information content (AvgIpc) is 3.93. The first kappa shape index (κ1) is 19.5. The molecule has 0 amide bonds. The minimum Gasteiger partial charge on any atom is -0.455 e. The van der Waals surface area contributed by atoms with E-state index in [9.17, 15) is 0 Å². The van der Waals surface area contributed by atoms with Gasteiger partial charge in [0.1, 0.15) is 11.2 Å². The summed E-state index contributed by atoms with van der Waals surface area (Å²) in [5, 5.41) is 1.62. The van der Waals surface area contributed by atoms with Crippen LogP contribution in [0, 0.1) is 0 Å². The molecule has 3 aromatic heterocycles. The topological polar surface area (TPSA) is 56.7 Å². The molecule has 3 heterocycles. The van der Waals surface area contributed by atoms with Crippen molar-refractivity contribution >= 4 is 54.5 Å². The highest BCUT2D eigenvalue weighted by Gasteiger charge is 2.20. The van der Waals surface area contributed by atoms with Gasteiger partial charge in [-0.15, -0.1) is 0 Å². The van der Waals surface area contributed by atoms with E-state index in [-0.39, 0.29) is 91.0 Å². The summed E-state index contributed by atoms with van der Waals surface area (Å²) in [7, 11) is 0. The Bertz CT molecular complexity index is 4050. The first-order valence-corrected chi connectivity index (χ1v) is 17.0. The van der Waals surface area contributed by atoms with Gasteiger partial charge in [0, 0.05) is 43.8 Å². The summed E-state index contributed by atoms with van der Waals surface area (Å²) in [5.41, 5.74) is 1.89. The van der Waals surface area contributed by atoms with Crippen molar-refractivity contribution in [2.24, 2.45) is 0 Å². The molecule has 11 aromatic rings. The monoisotopic (exact) mass is 704 g/mol. The predicted molar refractivity (Wildman–Crippen MR) is 221 cm³/mol. The van der Waals surface area contributed by atoms with Crippen LogP contribution >= 0.6 is 0 Å². The minimum atomic E-state index is -0.533. The highest BCUT2D eigenvalue weighted by atomic mass is 16.3. The number of nitrogens with zero attached hydrogens (tertiary/aromatic N) is 4. The Morgan fingerprint density at radius 3 is 2.06 bits per heavy atom. The van der Waals surface area contributed by atoms with Gasteiger partial charge in [-0.05, 0) is 52.7 Å². The van der Waals surface area contributed by atoms with Crippen molar-refractivity contribution in [3.8, 4) is 51.0 Å². The fourth-order valence-electron chi connectivity index (χ4n) is 7.08. The Kier molecular flexibility index (Phi) is 4.36. The molecule has 0 bridgehead atoms. The van der Waals surface area contributed by atoms with Gasteiger partial charge in [-0.3, -0.25) is 0 Å². The van der Waals surface area contributed by atoms with Crippen molar-refractivity contribution in [2.75, 3.05) is 0 Å².